The summed E-state index contributed by atoms with van der Waals surface area (Å²) in [4.78, 5) is 14.2. The summed E-state index contributed by atoms with van der Waals surface area (Å²) in [6.07, 6.45) is 3.28. The lowest BCUT2D eigenvalue weighted by atomic mass is 9.71. The van der Waals surface area contributed by atoms with Gasteiger partial charge in [-0.25, -0.2) is 0 Å². The van der Waals surface area contributed by atoms with Crippen LogP contribution in [-0.2, 0) is 6.42 Å². The number of aromatic amines is 1. The lowest BCUT2D eigenvalue weighted by molar-refractivity contribution is 0.172. The molecule has 1 aromatic heterocycles. The van der Waals surface area contributed by atoms with Crippen molar-refractivity contribution in [3.05, 3.63) is 34.2 Å². The van der Waals surface area contributed by atoms with Crippen LogP contribution in [0.5, 0.6) is 0 Å². The van der Waals surface area contributed by atoms with Gasteiger partial charge in [0.25, 0.3) is 0 Å². The third-order valence-electron chi connectivity index (χ3n) is 4.11. The van der Waals surface area contributed by atoms with E-state index in [1.165, 1.54) is 6.42 Å². The third-order valence-corrected chi connectivity index (χ3v) is 4.11. The fourth-order valence-electron chi connectivity index (χ4n) is 3.02. The zero-order chi connectivity index (χ0) is 12.4. The Morgan fingerprint density at radius 2 is 2.12 bits per heavy atom. The lowest BCUT2D eigenvalue weighted by Crippen LogP contribution is -2.40. The molecule has 1 aromatic rings. The van der Waals surface area contributed by atoms with Crippen molar-refractivity contribution >= 4 is 0 Å². The molecule has 0 saturated heterocycles. The van der Waals surface area contributed by atoms with Gasteiger partial charge in [0.2, 0.25) is 5.56 Å². The molecule has 1 aliphatic rings. The van der Waals surface area contributed by atoms with Gasteiger partial charge >= 0.3 is 0 Å². The summed E-state index contributed by atoms with van der Waals surface area (Å²) in [6.45, 7) is 4.51. The molecule has 3 nitrogen and oxygen atoms in total. The molecule has 2 unspecified atom stereocenters. The first kappa shape index (κ1) is 12.4. The minimum absolute atomic E-state index is 0.0108. The summed E-state index contributed by atoms with van der Waals surface area (Å²) in [7, 11) is 0. The van der Waals surface area contributed by atoms with E-state index < -0.39 is 0 Å². The van der Waals surface area contributed by atoms with Crippen molar-refractivity contribution in [3.63, 3.8) is 0 Å². The van der Waals surface area contributed by atoms with Gasteiger partial charge in [-0.1, -0.05) is 19.9 Å². The first-order valence-corrected chi connectivity index (χ1v) is 6.50. The van der Waals surface area contributed by atoms with Gasteiger partial charge in [-0.15, -0.1) is 0 Å². The summed E-state index contributed by atoms with van der Waals surface area (Å²) in [5.74, 6) is 1.82. The normalized spacial score (nSPS) is 33.6. The Bertz CT molecular complexity index is 426. The van der Waals surface area contributed by atoms with Crippen LogP contribution in [0.25, 0.3) is 0 Å². The molecule has 1 heterocycles. The van der Waals surface area contributed by atoms with Gasteiger partial charge in [0.1, 0.15) is 0 Å². The molecule has 0 amide bonds. The van der Waals surface area contributed by atoms with Crippen LogP contribution in [0.2, 0.25) is 0 Å². The van der Waals surface area contributed by atoms with Crippen molar-refractivity contribution in [3.8, 4) is 0 Å². The number of hydrogen-bond donors (Lipinski definition) is 2. The van der Waals surface area contributed by atoms with E-state index in [1.807, 2.05) is 12.1 Å². The summed E-state index contributed by atoms with van der Waals surface area (Å²) in [6, 6.07) is 5.69. The highest BCUT2D eigenvalue weighted by Crippen LogP contribution is 2.34. The Morgan fingerprint density at radius 3 is 2.82 bits per heavy atom. The molecule has 3 heteroatoms. The molecule has 0 radical (unpaired) electrons. The maximum Gasteiger partial charge on any atom is 0.248 e. The molecule has 3 N–H and O–H groups in total. The Labute approximate surface area is 102 Å². The van der Waals surface area contributed by atoms with Crippen LogP contribution < -0.4 is 11.3 Å². The lowest BCUT2D eigenvalue weighted by Gasteiger charge is -2.37. The highest BCUT2D eigenvalue weighted by molar-refractivity contribution is 5.06. The molecule has 2 rings (SSSR count). The molecule has 0 aromatic carbocycles. The topological polar surface area (TPSA) is 58.9 Å². The molecule has 17 heavy (non-hydrogen) atoms. The number of rotatable bonds is 2. The summed E-state index contributed by atoms with van der Waals surface area (Å²) in [5.41, 5.74) is 7.20. The maximum absolute atomic E-state index is 11.3. The maximum atomic E-state index is 11.3. The molecular weight excluding hydrogens is 212 g/mol. The van der Waals surface area contributed by atoms with Crippen LogP contribution in [-0.4, -0.2) is 11.0 Å². The Kier molecular flexibility index (Phi) is 3.67. The molecule has 1 fully saturated rings. The van der Waals surface area contributed by atoms with Gasteiger partial charge < -0.3 is 10.7 Å². The van der Waals surface area contributed by atoms with Gasteiger partial charge in [-0.05, 0) is 43.1 Å². The number of nitrogens with one attached hydrogen (secondary N) is 1. The fraction of sp³-hybridized carbons (Fsp3) is 0.643. The highest BCUT2D eigenvalue weighted by Gasteiger charge is 2.31. The second-order valence-electron chi connectivity index (χ2n) is 5.60. The smallest absolute Gasteiger partial charge is 0.248 e. The van der Waals surface area contributed by atoms with Crippen molar-refractivity contribution in [2.24, 2.45) is 23.5 Å². The summed E-state index contributed by atoms with van der Waals surface area (Å²) < 4.78 is 0. The predicted molar refractivity (Wildman–Crippen MR) is 69.8 cm³/mol. The van der Waals surface area contributed by atoms with Crippen LogP contribution in [0.4, 0.5) is 0 Å². The number of pyridine rings is 1. The second-order valence-corrected chi connectivity index (χ2v) is 5.60. The molecule has 0 bridgehead atoms. The second kappa shape index (κ2) is 5.05. The number of nitrogens with two attached hydrogens (primary N) is 1. The van der Waals surface area contributed by atoms with Crippen LogP contribution in [0.3, 0.4) is 0 Å². The van der Waals surface area contributed by atoms with E-state index in [9.17, 15) is 4.79 Å². The van der Waals surface area contributed by atoms with Gasteiger partial charge in [0.05, 0.1) is 0 Å². The Balaban J connectivity index is 2.09. The van der Waals surface area contributed by atoms with Crippen molar-refractivity contribution < 1.29 is 0 Å². The molecule has 1 aliphatic carbocycles. The molecule has 1 saturated carbocycles. The van der Waals surface area contributed by atoms with Gasteiger partial charge in [-0.2, -0.15) is 0 Å². The zero-order valence-electron chi connectivity index (χ0n) is 10.6. The van der Waals surface area contributed by atoms with Crippen LogP contribution in [0, 0.1) is 17.8 Å². The van der Waals surface area contributed by atoms with Gasteiger partial charge in [0.15, 0.2) is 0 Å². The minimum Gasteiger partial charge on any atom is -0.327 e. The van der Waals surface area contributed by atoms with Crippen LogP contribution in [0.1, 0.15) is 32.4 Å². The quantitative estimate of drug-likeness (QED) is 0.821. The number of H-pyrrole nitrogens is 1. The number of hydrogen-bond acceptors (Lipinski definition) is 2. The van der Waals surface area contributed by atoms with E-state index in [1.54, 1.807) is 6.07 Å². The highest BCUT2D eigenvalue weighted by atomic mass is 16.1. The average molecular weight is 234 g/mol. The number of aromatic nitrogens is 1. The third kappa shape index (κ3) is 2.97. The molecular formula is C14H22N2O. The van der Waals surface area contributed by atoms with E-state index in [-0.39, 0.29) is 5.56 Å². The molecule has 0 aliphatic heterocycles. The zero-order valence-corrected chi connectivity index (χ0v) is 10.6. The van der Waals surface area contributed by atoms with Crippen molar-refractivity contribution in [1.82, 2.24) is 4.98 Å². The average Bonchev–Trinajstić information content (AvgIpc) is 2.25. The van der Waals surface area contributed by atoms with Crippen molar-refractivity contribution in [2.75, 3.05) is 0 Å². The standard InChI is InChI=1S/C14H22N2O/c1-9-6-11(10(2)13(15)7-9)8-12-4-3-5-14(17)16-12/h3-5,9-11,13H,6-8,15H2,1-2H3,(H,16,17)/t9-,10?,11-,13?/m1/s1. The van der Waals surface area contributed by atoms with Crippen LogP contribution >= 0.6 is 0 Å². The van der Waals surface area contributed by atoms with Crippen molar-refractivity contribution in [1.29, 1.82) is 0 Å². The van der Waals surface area contributed by atoms with E-state index in [2.05, 4.69) is 18.8 Å². The fourth-order valence-corrected chi connectivity index (χ4v) is 3.02. The Morgan fingerprint density at radius 1 is 1.35 bits per heavy atom. The largest absolute Gasteiger partial charge is 0.327 e. The minimum atomic E-state index is -0.0108. The van der Waals surface area contributed by atoms with E-state index in [4.69, 9.17) is 5.73 Å². The van der Waals surface area contributed by atoms with Crippen molar-refractivity contribution in [2.45, 2.75) is 39.2 Å². The monoisotopic (exact) mass is 234 g/mol. The summed E-state index contributed by atoms with van der Waals surface area (Å²) in [5, 5.41) is 0. The van der Waals surface area contributed by atoms with Gasteiger partial charge in [0, 0.05) is 17.8 Å². The predicted octanol–water partition coefficient (Wildman–Crippen LogP) is 1.93. The van der Waals surface area contributed by atoms with Crippen LogP contribution in [0.15, 0.2) is 23.0 Å². The van der Waals surface area contributed by atoms with Gasteiger partial charge in [-0.3, -0.25) is 4.79 Å². The first-order valence-electron chi connectivity index (χ1n) is 6.50. The molecule has 0 spiro atoms. The molecule has 94 valence electrons. The summed E-state index contributed by atoms with van der Waals surface area (Å²) >= 11 is 0. The SMILES string of the molecule is CC1C(N)C[C@H](C)C[C@@H]1Cc1cccc(=O)[nH]1. The van der Waals surface area contributed by atoms with E-state index in [0.29, 0.717) is 23.8 Å². The first-order chi connectivity index (χ1) is 8.06. The Hall–Kier alpha value is -1.09. The molecule has 4 atom stereocenters. The van der Waals surface area contributed by atoms with E-state index in [0.717, 1.165) is 18.5 Å². The van der Waals surface area contributed by atoms with E-state index >= 15 is 0 Å².